The lowest BCUT2D eigenvalue weighted by atomic mass is 9.95. The first-order chi connectivity index (χ1) is 21.9. The molecule has 1 aliphatic heterocycles. The summed E-state index contributed by atoms with van der Waals surface area (Å²) in [5, 5.41) is 8.69. The highest BCUT2D eigenvalue weighted by Crippen LogP contribution is 2.44. The van der Waals surface area contributed by atoms with Gasteiger partial charge in [0.1, 0.15) is 0 Å². The van der Waals surface area contributed by atoms with Crippen LogP contribution in [0.4, 0.5) is 0 Å². The molecule has 0 saturated heterocycles. The van der Waals surface area contributed by atoms with E-state index in [1.807, 2.05) is 0 Å². The van der Waals surface area contributed by atoms with E-state index in [2.05, 4.69) is 167 Å². The number of benzene rings is 6. The van der Waals surface area contributed by atoms with Crippen molar-refractivity contribution in [2.24, 2.45) is 0 Å². The van der Waals surface area contributed by atoms with Crippen LogP contribution in [0.1, 0.15) is 16.8 Å². The van der Waals surface area contributed by atoms with Gasteiger partial charge in [-0.05, 0) is 58.7 Å². The summed E-state index contributed by atoms with van der Waals surface area (Å²) >= 11 is 0. The molecule has 2 aromatic heterocycles. The molecule has 1 aliphatic rings. The van der Waals surface area contributed by atoms with Crippen LogP contribution in [0.15, 0.2) is 158 Å². The van der Waals surface area contributed by atoms with E-state index in [9.17, 15) is 0 Å². The second kappa shape index (κ2) is 9.89. The van der Waals surface area contributed by atoms with E-state index in [-0.39, 0.29) is 0 Å². The van der Waals surface area contributed by atoms with Gasteiger partial charge in [-0.3, -0.25) is 0 Å². The summed E-state index contributed by atoms with van der Waals surface area (Å²) in [7, 11) is 0. The van der Waals surface area contributed by atoms with Gasteiger partial charge < -0.3 is 14.5 Å². The number of fused-ring (bicyclic) bond motifs is 6. The summed E-state index contributed by atoms with van der Waals surface area (Å²) < 4.78 is 4.85. The smallest absolute Gasteiger partial charge is 0.0619 e. The van der Waals surface area contributed by atoms with Crippen molar-refractivity contribution < 1.29 is 0 Å². The Kier molecular flexibility index (Phi) is 5.57. The number of hydrogen-bond donors (Lipinski definition) is 0. The van der Waals surface area contributed by atoms with Crippen LogP contribution in [0.25, 0.3) is 66.1 Å². The zero-order valence-corrected chi connectivity index (χ0v) is 24.1. The van der Waals surface area contributed by atoms with Crippen molar-refractivity contribution in [3.05, 3.63) is 180 Å². The molecule has 0 spiro atoms. The third-order valence-electron chi connectivity index (χ3n) is 8.94. The third-order valence-corrected chi connectivity index (χ3v) is 8.94. The molecule has 6 aromatic carbocycles. The van der Waals surface area contributed by atoms with Crippen LogP contribution >= 0.6 is 0 Å². The molecule has 0 amide bonds. The van der Waals surface area contributed by atoms with Crippen LogP contribution in [-0.2, 0) is 6.54 Å². The van der Waals surface area contributed by atoms with Crippen LogP contribution in [0.5, 0.6) is 0 Å². The molecule has 0 bridgehead atoms. The van der Waals surface area contributed by atoms with E-state index in [4.69, 9.17) is 5.32 Å². The van der Waals surface area contributed by atoms with Crippen molar-refractivity contribution in [3.8, 4) is 22.5 Å². The summed E-state index contributed by atoms with van der Waals surface area (Å²) in [5.74, 6) is 0. The van der Waals surface area contributed by atoms with E-state index >= 15 is 0 Å². The first kappa shape index (κ1) is 24.8. The van der Waals surface area contributed by atoms with Crippen molar-refractivity contribution in [2.75, 3.05) is 0 Å². The number of para-hydroxylation sites is 4. The highest BCUT2D eigenvalue weighted by molar-refractivity contribution is 6.14. The maximum atomic E-state index is 4.96. The van der Waals surface area contributed by atoms with Gasteiger partial charge in [0.15, 0.2) is 0 Å². The van der Waals surface area contributed by atoms with Gasteiger partial charge in [0.25, 0.3) is 0 Å². The van der Waals surface area contributed by atoms with Crippen molar-refractivity contribution in [3.63, 3.8) is 0 Å². The quantitative estimate of drug-likeness (QED) is 0.204. The molecule has 0 N–H and O–H groups in total. The number of nitrogens with zero attached hydrogens (tertiary/aromatic N) is 3. The van der Waals surface area contributed by atoms with Crippen LogP contribution in [0, 0.1) is 0 Å². The Morgan fingerprint density at radius 2 is 1.05 bits per heavy atom. The van der Waals surface area contributed by atoms with Crippen molar-refractivity contribution in [2.45, 2.75) is 6.54 Å². The lowest BCUT2D eigenvalue weighted by Crippen LogP contribution is -2.07. The fraction of sp³-hybridized carbons (Fsp3) is 0.0244. The standard InChI is InChI=1S/C41H28N3/c1-3-12-28(13-4-1)29-22-24-31(25-23-29)44-38-20-9-7-16-32(38)34-18-11-19-35(40(34)44)37-27-42-26-36-33-17-8-10-21-39(33)43(41(36)37)30-14-5-2-6-15-30/h1-25,27H,26H2/q-1. The minimum atomic E-state index is 0.666. The van der Waals surface area contributed by atoms with E-state index in [0.29, 0.717) is 6.54 Å². The monoisotopic (exact) mass is 562 g/mol. The molecule has 44 heavy (non-hydrogen) atoms. The topological polar surface area (TPSA) is 24.0 Å². The summed E-state index contributed by atoms with van der Waals surface area (Å²) in [6.45, 7) is 0.666. The summed E-state index contributed by atoms with van der Waals surface area (Å²) in [5.41, 5.74) is 13.1. The third kappa shape index (κ3) is 3.69. The van der Waals surface area contributed by atoms with Gasteiger partial charge in [0.2, 0.25) is 0 Å². The molecule has 208 valence electrons. The van der Waals surface area contributed by atoms with E-state index in [0.717, 1.165) is 16.9 Å². The molecular weight excluding hydrogens is 534 g/mol. The van der Waals surface area contributed by atoms with Crippen molar-refractivity contribution >= 4 is 38.3 Å². The fourth-order valence-corrected chi connectivity index (χ4v) is 7.02. The fourth-order valence-electron chi connectivity index (χ4n) is 7.02. The highest BCUT2D eigenvalue weighted by atomic mass is 15.0. The number of aromatic nitrogens is 2. The predicted molar refractivity (Wildman–Crippen MR) is 184 cm³/mol. The SMILES string of the molecule is C1=C(c2cccc3c4ccccc4n(-c4ccc(-c5ccccc5)cc4)c23)c2c(c3ccccc3n2-c2ccccc2)C[N-]1. The Morgan fingerprint density at radius 1 is 0.455 bits per heavy atom. The zero-order valence-electron chi connectivity index (χ0n) is 24.1. The maximum absolute atomic E-state index is 4.96. The van der Waals surface area contributed by atoms with Crippen LogP contribution in [0.2, 0.25) is 0 Å². The van der Waals surface area contributed by atoms with Gasteiger partial charge in [0, 0.05) is 33.1 Å². The van der Waals surface area contributed by atoms with Crippen molar-refractivity contribution in [1.82, 2.24) is 9.13 Å². The Morgan fingerprint density at radius 3 is 1.82 bits per heavy atom. The molecule has 3 heteroatoms. The summed E-state index contributed by atoms with van der Waals surface area (Å²) in [4.78, 5) is 0. The highest BCUT2D eigenvalue weighted by Gasteiger charge is 2.24. The summed E-state index contributed by atoms with van der Waals surface area (Å²) in [6, 6.07) is 54.4. The molecule has 0 fully saturated rings. The first-order valence-electron chi connectivity index (χ1n) is 15.1. The number of rotatable bonds is 4. The molecule has 0 unspecified atom stereocenters. The molecule has 3 heterocycles. The molecule has 3 nitrogen and oxygen atoms in total. The molecule has 0 radical (unpaired) electrons. The number of hydrogen-bond acceptors (Lipinski definition) is 0. The second-order valence-electron chi connectivity index (χ2n) is 11.4. The lowest BCUT2D eigenvalue weighted by molar-refractivity contribution is 1.05. The minimum absolute atomic E-state index is 0.666. The van der Waals surface area contributed by atoms with Gasteiger partial charge in [-0.2, -0.15) is 6.20 Å². The Balaban J connectivity index is 1.33. The molecule has 8 aromatic rings. The van der Waals surface area contributed by atoms with E-state index in [1.54, 1.807) is 0 Å². The van der Waals surface area contributed by atoms with Crippen LogP contribution < -0.4 is 0 Å². The Bertz CT molecular complexity index is 2360. The van der Waals surface area contributed by atoms with Gasteiger partial charge in [-0.1, -0.05) is 115 Å². The van der Waals surface area contributed by atoms with Crippen LogP contribution in [0.3, 0.4) is 0 Å². The predicted octanol–water partition coefficient (Wildman–Crippen LogP) is 10.7. The largest absolute Gasteiger partial charge is 0.686 e. The zero-order chi connectivity index (χ0) is 29.0. The second-order valence-corrected chi connectivity index (χ2v) is 11.4. The molecular formula is C41H28N3-. The van der Waals surface area contributed by atoms with Crippen molar-refractivity contribution in [1.29, 1.82) is 0 Å². The average Bonchev–Trinajstić information content (AvgIpc) is 3.63. The summed E-state index contributed by atoms with van der Waals surface area (Å²) in [6.07, 6.45) is 2.09. The molecule has 9 rings (SSSR count). The van der Waals surface area contributed by atoms with Gasteiger partial charge in [0.05, 0.1) is 22.2 Å². The Hall–Kier alpha value is -5.80. The molecule has 0 saturated carbocycles. The van der Waals surface area contributed by atoms with E-state index < -0.39 is 0 Å². The van der Waals surface area contributed by atoms with Gasteiger partial charge >= 0.3 is 0 Å². The average molecular weight is 563 g/mol. The normalized spacial score (nSPS) is 12.8. The molecule has 0 atom stereocenters. The van der Waals surface area contributed by atoms with Gasteiger partial charge in [-0.25, -0.2) is 0 Å². The van der Waals surface area contributed by atoms with E-state index in [1.165, 1.54) is 60.7 Å². The maximum Gasteiger partial charge on any atom is 0.0619 e. The molecule has 0 aliphatic carbocycles. The minimum Gasteiger partial charge on any atom is -0.686 e. The van der Waals surface area contributed by atoms with Crippen LogP contribution in [-0.4, -0.2) is 9.13 Å². The first-order valence-corrected chi connectivity index (χ1v) is 15.1. The Labute approximate surface area is 255 Å². The van der Waals surface area contributed by atoms with Gasteiger partial charge in [-0.15, -0.1) is 6.54 Å². The lowest BCUT2D eigenvalue weighted by Gasteiger charge is -2.28.